The Morgan fingerprint density at radius 3 is 2.36 bits per heavy atom. The standard InChI is InChI=1S/C34H40N6O4/c1-34(2,3)44-33(42)39-22-20-38(21-23-39)28-10-7-11-29-27(28)17-19-40(29)30-16-18-35-32(37-30)36-25-12-14-26(15-13-25)43-31(41)24-8-5-4-6-9-24/h4-11,16-19,25-26H,12-15,20-23H2,1-3H3,(H,35,36,37). The summed E-state index contributed by atoms with van der Waals surface area (Å²) in [7, 11) is 0. The van der Waals surface area contributed by atoms with Crippen molar-refractivity contribution >= 4 is 34.6 Å². The predicted molar refractivity (Wildman–Crippen MR) is 170 cm³/mol. The van der Waals surface area contributed by atoms with E-state index in [9.17, 15) is 9.59 Å². The molecular weight excluding hydrogens is 556 g/mol. The van der Waals surface area contributed by atoms with Crippen LogP contribution in [-0.4, -0.2) is 75.4 Å². The van der Waals surface area contributed by atoms with Crippen molar-refractivity contribution in [3.05, 3.63) is 78.6 Å². The van der Waals surface area contributed by atoms with Crippen LogP contribution in [0.15, 0.2) is 73.1 Å². The molecule has 1 saturated heterocycles. The van der Waals surface area contributed by atoms with E-state index >= 15 is 0 Å². The molecule has 1 amide bonds. The Morgan fingerprint density at radius 2 is 1.64 bits per heavy atom. The molecule has 1 saturated carbocycles. The Bertz CT molecular complexity index is 1600. The van der Waals surface area contributed by atoms with Crippen LogP contribution >= 0.6 is 0 Å². The average Bonchev–Trinajstić information content (AvgIpc) is 3.46. The molecule has 4 aromatic rings. The zero-order valence-corrected chi connectivity index (χ0v) is 25.6. The smallest absolute Gasteiger partial charge is 0.410 e. The van der Waals surface area contributed by atoms with Gasteiger partial charge in [-0.2, -0.15) is 4.98 Å². The number of carbonyl (C=O) groups is 2. The molecule has 2 fully saturated rings. The third-order valence-corrected chi connectivity index (χ3v) is 8.16. The summed E-state index contributed by atoms with van der Waals surface area (Å²) in [6.07, 6.45) is 6.84. The van der Waals surface area contributed by atoms with Crippen molar-refractivity contribution in [1.29, 1.82) is 0 Å². The van der Waals surface area contributed by atoms with Gasteiger partial charge in [-0.25, -0.2) is 14.6 Å². The Labute approximate surface area is 258 Å². The first-order valence-electron chi connectivity index (χ1n) is 15.4. The van der Waals surface area contributed by atoms with Gasteiger partial charge in [-0.3, -0.25) is 0 Å². The summed E-state index contributed by atoms with van der Waals surface area (Å²) in [5, 5.41) is 4.63. The fourth-order valence-electron chi connectivity index (χ4n) is 5.94. The van der Waals surface area contributed by atoms with Gasteiger partial charge in [0, 0.05) is 55.7 Å². The maximum absolute atomic E-state index is 12.5. The highest BCUT2D eigenvalue weighted by Crippen LogP contribution is 2.31. The van der Waals surface area contributed by atoms with Gasteiger partial charge in [0.15, 0.2) is 0 Å². The van der Waals surface area contributed by atoms with Crippen LogP contribution in [-0.2, 0) is 9.47 Å². The number of hydrogen-bond acceptors (Lipinski definition) is 8. The van der Waals surface area contributed by atoms with Gasteiger partial charge in [-0.1, -0.05) is 24.3 Å². The number of piperazine rings is 1. The highest BCUT2D eigenvalue weighted by atomic mass is 16.6. The van der Waals surface area contributed by atoms with Gasteiger partial charge in [0.1, 0.15) is 17.5 Å². The lowest BCUT2D eigenvalue weighted by Gasteiger charge is -2.37. The molecule has 3 heterocycles. The van der Waals surface area contributed by atoms with Crippen molar-refractivity contribution in [3.63, 3.8) is 0 Å². The predicted octanol–water partition coefficient (Wildman–Crippen LogP) is 6.06. The first-order chi connectivity index (χ1) is 21.2. The van der Waals surface area contributed by atoms with Crippen molar-refractivity contribution in [2.45, 2.75) is 64.2 Å². The quantitative estimate of drug-likeness (QED) is 0.268. The number of fused-ring (bicyclic) bond motifs is 1. The molecule has 44 heavy (non-hydrogen) atoms. The topological polar surface area (TPSA) is 102 Å². The van der Waals surface area contributed by atoms with Gasteiger partial charge in [0.2, 0.25) is 5.95 Å². The SMILES string of the molecule is CC(C)(C)OC(=O)N1CCN(c2cccc3c2ccn3-c2ccnc(NC3CCC(OC(=O)c4ccccc4)CC3)n2)CC1. The summed E-state index contributed by atoms with van der Waals surface area (Å²) >= 11 is 0. The minimum atomic E-state index is -0.502. The molecule has 10 nitrogen and oxygen atoms in total. The molecular formula is C34H40N6O4. The van der Waals surface area contributed by atoms with E-state index < -0.39 is 5.60 Å². The normalized spacial score (nSPS) is 19.1. The van der Waals surface area contributed by atoms with Crippen molar-refractivity contribution in [3.8, 4) is 5.82 Å². The third-order valence-electron chi connectivity index (χ3n) is 8.16. The summed E-state index contributed by atoms with van der Waals surface area (Å²) in [5.41, 5.74) is 2.28. The molecule has 0 atom stereocenters. The lowest BCUT2D eigenvalue weighted by molar-refractivity contribution is 0.0200. The van der Waals surface area contributed by atoms with E-state index in [-0.39, 0.29) is 24.2 Å². The van der Waals surface area contributed by atoms with Gasteiger partial charge in [-0.05, 0) is 82.9 Å². The van der Waals surface area contributed by atoms with Gasteiger partial charge in [-0.15, -0.1) is 0 Å². The monoisotopic (exact) mass is 596 g/mol. The maximum Gasteiger partial charge on any atom is 0.410 e. The van der Waals surface area contributed by atoms with Gasteiger partial charge in [0.05, 0.1) is 11.1 Å². The van der Waals surface area contributed by atoms with E-state index in [0.717, 1.165) is 61.2 Å². The molecule has 2 aromatic heterocycles. The number of aromatic nitrogens is 3. The number of hydrogen-bond donors (Lipinski definition) is 1. The molecule has 2 aromatic carbocycles. The van der Waals surface area contributed by atoms with Crippen LogP contribution in [0.5, 0.6) is 0 Å². The zero-order valence-electron chi connectivity index (χ0n) is 25.6. The molecule has 10 heteroatoms. The second kappa shape index (κ2) is 12.6. The maximum atomic E-state index is 12.5. The van der Waals surface area contributed by atoms with Crippen LogP contribution in [0.3, 0.4) is 0 Å². The number of amides is 1. The molecule has 1 N–H and O–H groups in total. The number of nitrogens with one attached hydrogen (secondary N) is 1. The van der Waals surface area contributed by atoms with E-state index in [1.807, 2.05) is 51.2 Å². The first kappa shape index (κ1) is 29.5. The Balaban J connectivity index is 1.08. The molecule has 2 aliphatic rings. The molecule has 0 unspecified atom stereocenters. The minimum absolute atomic E-state index is 0.0752. The van der Waals surface area contributed by atoms with Crippen LogP contribution in [0.4, 0.5) is 16.4 Å². The lowest BCUT2D eigenvalue weighted by Crippen LogP contribution is -2.50. The van der Waals surface area contributed by atoms with Crippen LogP contribution < -0.4 is 10.2 Å². The number of benzene rings is 2. The second-order valence-corrected chi connectivity index (χ2v) is 12.5. The minimum Gasteiger partial charge on any atom is -0.459 e. The van der Waals surface area contributed by atoms with Crippen molar-refractivity contribution in [2.24, 2.45) is 0 Å². The summed E-state index contributed by atoms with van der Waals surface area (Å²) in [6.45, 7) is 8.37. The Kier molecular flexibility index (Phi) is 8.41. The van der Waals surface area contributed by atoms with E-state index in [1.54, 1.807) is 23.2 Å². The van der Waals surface area contributed by atoms with Crippen LogP contribution in [0.25, 0.3) is 16.7 Å². The highest BCUT2D eigenvalue weighted by molar-refractivity contribution is 5.94. The van der Waals surface area contributed by atoms with Crippen LogP contribution in [0.1, 0.15) is 56.8 Å². The third kappa shape index (κ3) is 6.79. The molecule has 0 spiro atoms. The molecule has 1 aliphatic heterocycles. The molecule has 0 bridgehead atoms. The number of esters is 1. The number of ether oxygens (including phenoxy) is 2. The zero-order chi connectivity index (χ0) is 30.7. The highest BCUT2D eigenvalue weighted by Gasteiger charge is 2.27. The van der Waals surface area contributed by atoms with Crippen molar-refractivity contribution in [1.82, 2.24) is 19.4 Å². The number of carbonyl (C=O) groups excluding carboxylic acids is 2. The van der Waals surface area contributed by atoms with Crippen molar-refractivity contribution < 1.29 is 19.1 Å². The molecule has 6 rings (SSSR count). The summed E-state index contributed by atoms with van der Waals surface area (Å²) in [5.74, 6) is 1.11. The van der Waals surface area contributed by atoms with E-state index in [2.05, 4.69) is 44.0 Å². The molecule has 0 radical (unpaired) electrons. The van der Waals surface area contributed by atoms with Gasteiger partial charge < -0.3 is 29.2 Å². The van der Waals surface area contributed by atoms with Crippen LogP contribution in [0, 0.1) is 0 Å². The van der Waals surface area contributed by atoms with Gasteiger partial charge >= 0.3 is 12.1 Å². The lowest BCUT2D eigenvalue weighted by atomic mass is 9.93. The first-order valence-corrected chi connectivity index (χ1v) is 15.4. The van der Waals surface area contributed by atoms with Gasteiger partial charge in [0.25, 0.3) is 0 Å². The number of anilines is 2. The fourth-order valence-corrected chi connectivity index (χ4v) is 5.94. The van der Waals surface area contributed by atoms with E-state index in [1.165, 1.54) is 0 Å². The van der Waals surface area contributed by atoms with Crippen molar-refractivity contribution in [2.75, 3.05) is 36.4 Å². The van der Waals surface area contributed by atoms with Crippen LogP contribution in [0.2, 0.25) is 0 Å². The fraction of sp³-hybridized carbons (Fsp3) is 0.412. The number of nitrogens with zero attached hydrogens (tertiary/aromatic N) is 5. The van der Waals surface area contributed by atoms with E-state index in [0.29, 0.717) is 24.6 Å². The molecule has 230 valence electrons. The number of rotatable bonds is 6. The summed E-state index contributed by atoms with van der Waals surface area (Å²) < 4.78 is 13.4. The largest absolute Gasteiger partial charge is 0.459 e. The average molecular weight is 597 g/mol. The summed E-state index contributed by atoms with van der Waals surface area (Å²) in [4.78, 5) is 38.4. The molecule has 1 aliphatic carbocycles. The Morgan fingerprint density at radius 1 is 0.886 bits per heavy atom. The summed E-state index contributed by atoms with van der Waals surface area (Å²) in [6, 6.07) is 19.7. The second-order valence-electron chi connectivity index (χ2n) is 12.5. The Hall–Kier alpha value is -4.60. The van der Waals surface area contributed by atoms with E-state index in [4.69, 9.17) is 14.5 Å².